The van der Waals surface area contributed by atoms with E-state index in [9.17, 15) is 9.90 Å². The fourth-order valence-electron chi connectivity index (χ4n) is 3.37. The van der Waals surface area contributed by atoms with Gasteiger partial charge in [0, 0.05) is 25.0 Å². The highest BCUT2D eigenvalue weighted by molar-refractivity contribution is 5.89. The minimum Gasteiger partial charge on any atom is -0.488 e. The van der Waals surface area contributed by atoms with Crippen molar-refractivity contribution in [3.05, 3.63) is 78.1 Å². The number of carbonyl (C=O) groups is 1. The van der Waals surface area contributed by atoms with E-state index in [-0.39, 0.29) is 12.0 Å². The number of hydrogen-bond acceptors (Lipinski definition) is 4. The maximum atomic E-state index is 11.2. The number of aliphatic hydroxyl groups excluding tert-OH is 1. The molecule has 5 nitrogen and oxygen atoms in total. The highest BCUT2D eigenvalue weighted by Gasteiger charge is 2.16. The van der Waals surface area contributed by atoms with Crippen molar-refractivity contribution < 1.29 is 14.6 Å². The van der Waals surface area contributed by atoms with E-state index in [0.717, 1.165) is 40.1 Å². The van der Waals surface area contributed by atoms with Gasteiger partial charge in [-0.25, -0.2) is 0 Å². The highest BCUT2D eigenvalue weighted by atomic mass is 16.5. The Labute approximate surface area is 177 Å². The van der Waals surface area contributed by atoms with Gasteiger partial charge in [0.05, 0.1) is 6.10 Å². The van der Waals surface area contributed by atoms with Crippen molar-refractivity contribution in [2.75, 3.05) is 5.32 Å². The minimum absolute atomic E-state index is 0.0830. The number of ether oxygens (including phenoxy) is 1. The molecule has 2 N–H and O–H groups in total. The third-order valence-electron chi connectivity index (χ3n) is 5.03. The standard InChI is InChI=1S/C25H28N2O3/c1-17-15-22(27-19(3)28)9-12-24(17)21-7-10-23(11-8-21)30-18(2)25(29)13-6-20-5-4-14-26-16-20/h4-5,7-12,14-16,18,25,29H,6,13H2,1-3H3,(H,27,28)/t18-,25+/m0/s1. The molecule has 2 atom stereocenters. The summed E-state index contributed by atoms with van der Waals surface area (Å²) in [6.45, 7) is 5.40. The van der Waals surface area contributed by atoms with Gasteiger partial charge in [0.15, 0.2) is 0 Å². The zero-order valence-electron chi connectivity index (χ0n) is 17.6. The summed E-state index contributed by atoms with van der Waals surface area (Å²) in [7, 11) is 0. The summed E-state index contributed by atoms with van der Waals surface area (Å²) >= 11 is 0. The molecule has 0 radical (unpaired) electrons. The average Bonchev–Trinajstić information content (AvgIpc) is 2.73. The van der Waals surface area contributed by atoms with Crippen LogP contribution in [0, 0.1) is 6.92 Å². The van der Waals surface area contributed by atoms with Crippen LogP contribution in [-0.2, 0) is 11.2 Å². The van der Waals surface area contributed by atoms with Gasteiger partial charge in [-0.15, -0.1) is 0 Å². The number of benzene rings is 2. The molecule has 0 saturated carbocycles. The van der Waals surface area contributed by atoms with Crippen LogP contribution in [0.3, 0.4) is 0 Å². The molecule has 0 spiro atoms. The first kappa shape index (κ1) is 21.5. The number of aliphatic hydroxyl groups is 1. The van der Waals surface area contributed by atoms with Crippen molar-refractivity contribution >= 4 is 11.6 Å². The van der Waals surface area contributed by atoms with Gasteiger partial charge in [0.25, 0.3) is 0 Å². The number of nitrogens with one attached hydrogen (secondary N) is 1. The molecule has 3 aromatic rings. The Bertz CT molecular complexity index is 971. The second-order valence-electron chi connectivity index (χ2n) is 7.53. The number of amides is 1. The summed E-state index contributed by atoms with van der Waals surface area (Å²) in [6, 6.07) is 17.6. The van der Waals surface area contributed by atoms with Gasteiger partial charge in [-0.1, -0.05) is 24.3 Å². The normalized spacial score (nSPS) is 12.8. The minimum atomic E-state index is -0.562. The van der Waals surface area contributed by atoms with Crippen molar-refractivity contribution in [3.63, 3.8) is 0 Å². The van der Waals surface area contributed by atoms with Crippen LogP contribution in [0.2, 0.25) is 0 Å². The van der Waals surface area contributed by atoms with Crippen LogP contribution in [0.1, 0.15) is 31.4 Å². The van der Waals surface area contributed by atoms with Gasteiger partial charge in [0.2, 0.25) is 5.91 Å². The van der Waals surface area contributed by atoms with Gasteiger partial charge >= 0.3 is 0 Å². The van der Waals surface area contributed by atoms with Crippen LogP contribution in [0.25, 0.3) is 11.1 Å². The molecular formula is C25H28N2O3. The molecule has 3 rings (SSSR count). The SMILES string of the molecule is CC(=O)Nc1ccc(-c2ccc(O[C@@H](C)[C@H](O)CCc3cccnc3)cc2)c(C)c1. The Morgan fingerprint density at radius 3 is 2.57 bits per heavy atom. The zero-order chi connectivity index (χ0) is 21.5. The number of rotatable bonds is 8. The molecule has 1 heterocycles. The smallest absolute Gasteiger partial charge is 0.221 e. The van der Waals surface area contributed by atoms with Crippen LogP contribution in [0.4, 0.5) is 5.69 Å². The summed E-state index contributed by atoms with van der Waals surface area (Å²) in [5, 5.41) is 13.2. The summed E-state index contributed by atoms with van der Waals surface area (Å²) in [6.07, 6.45) is 4.07. The van der Waals surface area contributed by atoms with Crippen molar-refractivity contribution in [2.24, 2.45) is 0 Å². The lowest BCUT2D eigenvalue weighted by molar-refractivity contribution is -0.114. The van der Waals surface area contributed by atoms with E-state index >= 15 is 0 Å². The molecule has 30 heavy (non-hydrogen) atoms. The lowest BCUT2D eigenvalue weighted by atomic mass is 10.00. The Morgan fingerprint density at radius 2 is 1.93 bits per heavy atom. The third-order valence-corrected chi connectivity index (χ3v) is 5.03. The average molecular weight is 405 g/mol. The summed E-state index contributed by atoms with van der Waals surface area (Å²) in [5.41, 5.74) is 5.14. The van der Waals surface area contributed by atoms with Crippen LogP contribution in [0.5, 0.6) is 5.75 Å². The van der Waals surface area contributed by atoms with Crippen molar-refractivity contribution in [1.29, 1.82) is 0 Å². The molecule has 2 aromatic carbocycles. The van der Waals surface area contributed by atoms with E-state index in [4.69, 9.17) is 4.74 Å². The number of hydrogen-bond donors (Lipinski definition) is 2. The summed E-state index contributed by atoms with van der Waals surface area (Å²) in [5.74, 6) is 0.639. The second kappa shape index (κ2) is 10.0. The van der Waals surface area contributed by atoms with E-state index in [1.165, 1.54) is 6.92 Å². The second-order valence-corrected chi connectivity index (χ2v) is 7.53. The molecule has 0 aliphatic heterocycles. The quantitative estimate of drug-likeness (QED) is 0.567. The third kappa shape index (κ3) is 5.91. The number of anilines is 1. The number of aromatic nitrogens is 1. The number of pyridine rings is 1. The van der Waals surface area contributed by atoms with Crippen molar-refractivity contribution in [3.8, 4) is 16.9 Å². The Morgan fingerprint density at radius 1 is 1.17 bits per heavy atom. The summed E-state index contributed by atoms with van der Waals surface area (Å²) in [4.78, 5) is 15.3. The topological polar surface area (TPSA) is 71.5 Å². The van der Waals surface area contributed by atoms with Crippen LogP contribution >= 0.6 is 0 Å². The fourth-order valence-corrected chi connectivity index (χ4v) is 3.37. The Balaban J connectivity index is 1.59. The van der Waals surface area contributed by atoms with Gasteiger partial charge in [-0.2, -0.15) is 0 Å². The molecule has 0 fully saturated rings. The molecule has 0 aliphatic carbocycles. The number of aryl methyl sites for hydroxylation is 2. The zero-order valence-corrected chi connectivity index (χ0v) is 17.6. The highest BCUT2D eigenvalue weighted by Crippen LogP contribution is 2.28. The lowest BCUT2D eigenvalue weighted by Gasteiger charge is -2.21. The first-order valence-electron chi connectivity index (χ1n) is 10.1. The largest absolute Gasteiger partial charge is 0.488 e. The molecule has 156 valence electrons. The maximum Gasteiger partial charge on any atom is 0.221 e. The lowest BCUT2D eigenvalue weighted by Crippen LogP contribution is -2.29. The van der Waals surface area contributed by atoms with Gasteiger partial charge in [-0.3, -0.25) is 9.78 Å². The molecule has 0 aliphatic rings. The van der Waals surface area contributed by atoms with Crippen LogP contribution in [0.15, 0.2) is 67.0 Å². The van der Waals surface area contributed by atoms with E-state index in [2.05, 4.69) is 10.3 Å². The van der Waals surface area contributed by atoms with Gasteiger partial charge < -0.3 is 15.2 Å². The Hall–Kier alpha value is -3.18. The van der Waals surface area contributed by atoms with E-state index < -0.39 is 6.10 Å². The maximum absolute atomic E-state index is 11.2. The van der Waals surface area contributed by atoms with Gasteiger partial charge in [-0.05, 0) is 79.3 Å². The molecule has 1 aromatic heterocycles. The molecule has 0 unspecified atom stereocenters. The molecule has 0 saturated heterocycles. The molecular weight excluding hydrogens is 376 g/mol. The van der Waals surface area contributed by atoms with Crippen molar-refractivity contribution in [1.82, 2.24) is 4.98 Å². The predicted molar refractivity (Wildman–Crippen MR) is 120 cm³/mol. The van der Waals surface area contributed by atoms with Crippen LogP contribution < -0.4 is 10.1 Å². The summed E-state index contributed by atoms with van der Waals surface area (Å²) < 4.78 is 5.94. The molecule has 0 bridgehead atoms. The predicted octanol–water partition coefficient (Wildman–Crippen LogP) is 4.78. The van der Waals surface area contributed by atoms with Crippen LogP contribution in [-0.4, -0.2) is 28.2 Å². The first-order chi connectivity index (χ1) is 14.4. The van der Waals surface area contributed by atoms with Crippen molar-refractivity contribution in [2.45, 2.75) is 45.8 Å². The number of carbonyl (C=O) groups excluding carboxylic acids is 1. The van der Waals surface area contributed by atoms with E-state index in [1.54, 1.807) is 6.20 Å². The van der Waals surface area contributed by atoms with Gasteiger partial charge in [0.1, 0.15) is 11.9 Å². The number of nitrogens with zero attached hydrogens (tertiary/aromatic N) is 1. The first-order valence-corrected chi connectivity index (χ1v) is 10.1. The molecule has 5 heteroatoms. The van der Waals surface area contributed by atoms with E-state index in [0.29, 0.717) is 6.42 Å². The fraction of sp³-hybridized carbons (Fsp3) is 0.280. The molecule has 1 amide bonds. The monoisotopic (exact) mass is 404 g/mol. The van der Waals surface area contributed by atoms with E-state index in [1.807, 2.05) is 74.6 Å². The Kier molecular flexibility index (Phi) is 7.20.